The van der Waals surface area contributed by atoms with Crippen molar-refractivity contribution in [2.75, 3.05) is 23.9 Å². The van der Waals surface area contributed by atoms with Gasteiger partial charge in [-0.25, -0.2) is 13.6 Å². The van der Waals surface area contributed by atoms with Gasteiger partial charge in [-0.3, -0.25) is 5.14 Å². The first-order valence-electron chi connectivity index (χ1n) is 9.46. The molecule has 3 rings (SSSR count). The molecule has 0 unspecified atom stereocenters. The number of rotatable bonds is 9. The Labute approximate surface area is 176 Å². The Hall–Kier alpha value is -1.78. The highest BCUT2D eigenvalue weighted by atomic mass is 32.2. The molecule has 29 heavy (non-hydrogen) atoms. The zero-order chi connectivity index (χ0) is 20.9. The van der Waals surface area contributed by atoms with Crippen LogP contribution in [0.3, 0.4) is 0 Å². The molecule has 1 aliphatic heterocycles. The Morgan fingerprint density at radius 3 is 2.62 bits per heavy atom. The fourth-order valence-electron chi connectivity index (χ4n) is 3.47. The van der Waals surface area contributed by atoms with Gasteiger partial charge in [-0.2, -0.15) is 0 Å². The van der Waals surface area contributed by atoms with E-state index in [2.05, 4.69) is 10.0 Å². The molecule has 0 atom stereocenters. The van der Waals surface area contributed by atoms with Crippen LogP contribution in [0.1, 0.15) is 29.5 Å². The second-order valence-corrected chi connectivity index (χ2v) is 9.45. The van der Waals surface area contributed by atoms with Crippen LogP contribution >= 0.6 is 11.9 Å². The number of ether oxygens (including phenoxy) is 2. The lowest BCUT2D eigenvalue weighted by atomic mass is 10.1. The van der Waals surface area contributed by atoms with Gasteiger partial charge in [0.05, 0.1) is 30.0 Å². The first-order chi connectivity index (χ1) is 13.9. The third kappa shape index (κ3) is 6.35. The number of quaternary nitrogens is 1. The molecule has 158 valence electrons. The summed E-state index contributed by atoms with van der Waals surface area (Å²) in [7, 11) is -3.74. The molecule has 2 aromatic carbocycles. The Morgan fingerprint density at radius 2 is 1.97 bits per heavy atom. The van der Waals surface area contributed by atoms with Gasteiger partial charge in [0.25, 0.3) is 0 Å². The first-order valence-corrected chi connectivity index (χ1v) is 12.3. The third-order valence-electron chi connectivity index (χ3n) is 4.65. The van der Waals surface area contributed by atoms with Gasteiger partial charge in [-0.15, -0.1) is 0 Å². The molecule has 1 saturated heterocycles. The van der Waals surface area contributed by atoms with Gasteiger partial charge < -0.3 is 14.4 Å². The third-order valence-corrected chi connectivity index (χ3v) is 5.70. The Morgan fingerprint density at radius 1 is 1.21 bits per heavy atom. The number of aryl methyl sites for hydroxylation is 1. The van der Waals surface area contributed by atoms with E-state index < -0.39 is 10.0 Å². The van der Waals surface area contributed by atoms with Crippen molar-refractivity contribution in [3.63, 3.8) is 0 Å². The van der Waals surface area contributed by atoms with E-state index in [1.165, 1.54) is 11.9 Å². The van der Waals surface area contributed by atoms with Crippen molar-refractivity contribution in [3.05, 3.63) is 53.1 Å². The average Bonchev–Trinajstić information content (AvgIpc) is 3.17. The van der Waals surface area contributed by atoms with Crippen LogP contribution in [-0.4, -0.2) is 27.4 Å². The van der Waals surface area contributed by atoms with Crippen molar-refractivity contribution in [2.24, 2.45) is 5.14 Å². The molecule has 0 saturated carbocycles. The van der Waals surface area contributed by atoms with Crippen molar-refractivity contribution < 1.29 is 23.0 Å². The summed E-state index contributed by atoms with van der Waals surface area (Å²) in [4.78, 5) is 2.23. The summed E-state index contributed by atoms with van der Waals surface area (Å²) in [6, 6.07) is 11.5. The molecule has 0 bridgehead atoms. The number of hydrogen-bond acceptors (Lipinski definition) is 6. The highest BCUT2D eigenvalue weighted by Crippen LogP contribution is 2.39. The SMILES string of the molecule is Cc1cccc(Oc2c(CS(N)(=O)=O)cc(COCS[NH3+])cc2N2CCCC2)c1. The maximum atomic E-state index is 11.9. The summed E-state index contributed by atoms with van der Waals surface area (Å²) in [5.41, 5.74) is 3.37. The summed E-state index contributed by atoms with van der Waals surface area (Å²) in [5, 5.41) is 9.09. The van der Waals surface area contributed by atoms with E-state index in [0.717, 1.165) is 42.7 Å². The Kier molecular flexibility index (Phi) is 7.42. The van der Waals surface area contributed by atoms with Crippen LogP contribution in [0, 0.1) is 6.92 Å². The molecule has 0 radical (unpaired) electrons. The van der Waals surface area contributed by atoms with Gasteiger partial charge in [-0.05, 0) is 55.2 Å². The molecule has 0 amide bonds. The number of anilines is 1. The highest BCUT2D eigenvalue weighted by Gasteiger charge is 2.23. The van der Waals surface area contributed by atoms with E-state index in [-0.39, 0.29) is 5.75 Å². The van der Waals surface area contributed by atoms with Crippen molar-refractivity contribution in [2.45, 2.75) is 32.1 Å². The van der Waals surface area contributed by atoms with Gasteiger partial charge in [0, 0.05) is 18.7 Å². The number of nitrogens with two attached hydrogens (primary N) is 1. The summed E-state index contributed by atoms with van der Waals surface area (Å²) in [6.07, 6.45) is 2.18. The lowest BCUT2D eigenvalue weighted by Crippen LogP contribution is -2.37. The maximum absolute atomic E-state index is 11.9. The second-order valence-electron chi connectivity index (χ2n) is 7.19. The average molecular weight is 439 g/mol. The monoisotopic (exact) mass is 438 g/mol. The highest BCUT2D eigenvalue weighted by molar-refractivity contribution is 7.92. The zero-order valence-corrected chi connectivity index (χ0v) is 18.2. The second kappa shape index (κ2) is 9.82. The largest absolute Gasteiger partial charge is 0.455 e. The molecule has 5 N–H and O–H groups in total. The van der Waals surface area contributed by atoms with Gasteiger partial charge in [0.1, 0.15) is 11.7 Å². The van der Waals surface area contributed by atoms with E-state index in [1.807, 2.05) is 43.3 Å². The van der Waals surface area contributed by atoms with Crippen LogP contribution in [0.25, 0.3) is 0 Å². The molecule has 1 heterocycles. The molecule has 1 aliphatic rings. The number of primary sulfonamides is 1. The normalized spacial score (nSPS) is 14.4. The minimum Gasteiger partial charge on any atom is -0.455 e. The summed E-state index contributed by atoms with van der Waals surface area (Å²) >= 11 is 1.35. The van der Waals surface area contributed by atoms with Crippen LogP contribution in [0.5, 0.6) is 11.5 Å². The van der Waals surface area contributed by atoms with E-state index in [1.54, 1.807) is 0 Å². The fraction of sp³-hybridized carbons (Fsp3) is 0.400. The minimum atomic E-state index is -3.74. The summed E-state index contributed by atoms with van der Waals surface area (Å²) in [6.45, 7) is 4.16. The van der Waals surface area contributed by atoms with Crippen LogP contribution in [0.2, 0.25) is 0 Å². The van der Waals surface area contributed by atoms with Crippen LogP contribution in [-0.2, 0) is 27.1 Å². The predicted octanol–water partition coefficient (Wildman–Crippen LogP) is 2.54. The van der Waals surface area contributed by atoms with Crippen molar-refractivity contribution in [1.29, 1.82) is 0 Å². The number of benzene rings is 2. The molecule has 0 aromatic heterocycles. The smallest absolute Gasteiger partial charge is 0.213 e. The van der Waals surface area contributed by atoms with E-state index in [4.69, 9.17) is 14.6 Å². The first kappa shape index (κ1) is 21.9. The number of nitrogens with zero attached hydrogens (tertiary/aromatic N) is 1. The van der Waals surface area contributed by atoms with Gasteiger partial charge in [0.2, 0.25) is 10.0 Å². The predicted molar refractivity (Wildman–Crippen MR) is 116 cm³/mol. The standard InChI is InChI=1S/C20H27N3O4S2/c1-15-5-4-6-18(9-15)27-20-17(13-29(22,24)25)10-16(12-26-14-28-21)11-19(20)23-7-2-3-8-23/h4-6,9-11H,2-3,7-8,12-14,21H2,1H3,(H2,22,24,25)/p+1. The number of sulfonamides is 1. The summed E-state index contributed by atoms with van der Waals surface area (Å²) < 4.78 is 35.7. The van der Waals surface area contributed by atoms with Gasteiger partial charge in [-0.1, -0.05) is 12.1 Å². The van der Waals surface area contributed by atoms with Crippen LogP contribution in [0.4, 0.5) is 5.69 Å². The van der Waals surface area contributed by atoms with Gasteiger partial charge >= 0.3 is 0 Å². The molecule has 0 spiro atoms. The van der Waals surface area contributed by atoms with E-state index >= 15 is 0 Å². The van der Waals surface area contributed by atoms with Crippen molar-refractivity contribution in [3.8, 4) is 11.5 Å². The van der Waals surface area contributed by atoms with Gasteiger partial charge in [0.15, 0.2) is 5.75 Å². The number of hydrogen-bond donors (Lipinski definition) is 2. The lowest BCUT2D eigenvalue weighted by Gasteiger charge is -2.24. The molecular formula is C20H28N3O4S2+. The molecule has 1 fully saturated rings. The topological polar surface area (TPSA) is 110 Å². The molecule has 9 heteroatoms. The van der Waals surface area contributed by atoms with Crippen LogP contribution in [0.15, 0.2) is 36.4 Å². The van der Waals surface area contributed by atoms with Crippen molar-refractivity contribution in [1.82, 2.24) is 0 Å². The molecule has 0 aliphatic carbocycles. The zero-order valence-electron chi connectivity index (χ0n) is 16.6. The Bertz CT molecular complexity index is 945. The van der Waals surface area contributed by atoms with Crippen molar-refractivity contribution >= 4 is 27.7 Å². The van der Waals surface area contributed by atoms with E-state index in [9.17, 15) is 8.42 Å². The quantitative estimate of drug-likeness (QED) is 0.354. The minimum absolute atomic E-state index is 0.299. The van der Waals surface area contributed by atoms with Crippen LogP contribution < -0.4 is 19.9 Å². The van der Waals surface area contributed by atoms with E-state index in [0.29, 0.717) is 29.6 Å². The maximum Gasteiger partial charge on any atom is 0.213 e. The molecular weight excluding hydrogens is 410 g/mol. The Balaban J connectivity index is 2.07. The fourth-order valence-corrected chi connectivity index (χ4v) is 4.32. The molecule has 2 aromatic rings. The summed E-state index contributed by atoms with van der Waals surface area (Å²) in [5.74, 6) is 1.37. The lowest BCUT2D eigenvalue weighted by molar-refractivity contribution is -0.140. The molecule has 7 nitrogen and oxygen atoms in total.